The highest BCUT2D eigenvalue weighted by atomic mass is 15.3. The Bertz CT molecular complexity index is 390. The Morgan fingerprint density at radius 2 is 1.90 bits per heavy atom. The van der Waals surface area contributed by atoms with Crippen LogP contribution in [0.2, 0.25) is 0 Å². The smallest absolute Gasteiger partial charge is 0.0349 e. The number of nitrogens with zero attached hydrogens (tertiary/aromatic N) is 1. The molecule has 0 aromatic heterocycles. The van der Waals surface area contributed by atoms with E-state index in [-0.39, 0.29) is 0 Å². The maximum atomic E-state index is 3.74. The Morgan fingerprint density at radius 3 is 2.50 bits per heavy atom. The van der Waals surface area contributed by atoms with Gasteiger partial charge in [0.1, 0.15) is 0 Å². The van der Waals surface area contributed by atoms with E-state index in [1.807, 2.05) is 0 Å². The molecule has 1 aromatic carbocycles. The van der Waals surface area contributed by atoms with Crippen molar-refractivity contribution in [1.82, 2.24) is 10.2 Å². The fourth-order valence-electron chi connectivity index (χ4n) is 3.35. The summed E-state index contributed by atoms with van der Waals surface area (Å²) in [5, 5.41) is 3.74. The SMILES string of the molecule is CCC(C)C1CN(C(CC)c2ccccc2)C(C)CN1. The Morgan fingerprint density at radius 1 is 1.20 bits per heavy atom. The average molecular weight is 274 g/mol. The van der Waals surface area contributed by atoms with Crippen LogP contribution in [0.1, 0.15) is 52.1 Å². The molecule has 112 valence electrons. The summed E-state index contributed by atoms with van der Waals surface area (Å²) in [5.74, 6) is 0.748. The number of hydrogen-bond donors (Lipinski definition) is 1. The van der Waals surface area contributed by atoms with Crippen LogP contribution in [-0.4, -0.2) is 30.1 Å². The zero-order chi connectivity index (χ0) is 14.5. The molecule has 1 aliphatic rings. The summed E-state index contributed by atoms with van der Waals surface area (Å²) in [5.41, 5.74) is 1.46. The lowest BCUT2D eigenvalue weighted by Gasteiger charge is -2.45. The van der Waals surface area contributed by atoms with Gasteiger partial charge in [0.2, 0.25) is 0 Å². The van der Waals surface area contributed by atoms with Gasteiger partial charge in [-0.3, -0.25) is 4.90 Å². The maximum absolute atomic E-state index is 3.74. The molecule has 1 N–H and O–H groups in total. The fraction of sp³-hybridized carbons (Fsp3) is 0.667. The maximum Gasteiger partial charge on any atom is 0.0349 e. The van der Waals surface area contributed by atoms with E-state index in [9.17, 15) is 0 Å². The molecule has 0 spiro atoms. The van der Waals surface area contributed by atoms with Gasteiger partial charge in [-0.1, -0.05) is 57.5 Å². The minimum absolute atomic E-state index is 0.555. The van der Waals surface area contributed by atoms with Gasteiger partial charge in [-0.2, -0.15) is 0 Å². The van der Waals surface area contributed by atoms with Gasteiger partial charge in [0, 0.05) is 31.2 Å². The molecule has 0 bridgehead atoms. The van der Waals surface area contributed by atoms with E-state index in [0.717, 1.165) is 12.5 Å². The highest BCUT2D eigenvalue weighted by Crippen LogP contribution is 2.29. The van der Waals surface area contributed by atoms with Crippen molar-refractivity contribution in [3.8, 4) is 0 Å². The Kier molecular flexibility index (Phi) is 5.62. The Labute approximate surface area is 124 Å². The van der Waals surface area contributed by atoms with Gasteiger partial charge >= 0.3 is 0 Å². The van der Waals surface area contributed by atoms with Crippen LogP contribution < -0.4 is 5.32 Å². The molecule has 1 fully saturated rings. The molecular formula is C18H30N2. The van der Waals surface area contributed by atoms with Crippen LogP contribution in [0.15, 0.2) is 30.3 Å². The molecule has 2 rings (SSSR count). The minimum atomic E-state index is 0.555. The predicted octanol–water partition coefficient (Wildman–Crippen LogP) is 3.85. The summed E-state index contributed by atoms with van der Waals surface area (Å²) < 4.78 is 0. The van der Waals surface area contributed by atoms with Gasteiger partial charge < -0.3 is 5.32 Å². The molecule has 0 amide bonds. The highest BCUT2D eigenvalue weighted by Gasteiger charge is 2.32. The summed E-state index contributed by atoms with van der Waals surface area (Å²) in [7, 11) is 0. The second-order valence-corrected chi connectivity index (χ2v) is 6.28. The van der Waals surface area contributed by atoms with Crippen LogP contribution >= 0.6 is 0 Å². The normalized spacial score (nSPS) is 27.2. The first-order valence-electron chi connectivity index (χ1n) is 8.21. The van der Waals surface area contributed by atoms with E-state index in [2.05, 4.69) is 68.2 Å². The van der Waals surface area contributed by atoms with Gasteiger partial charge in [0.25, 0.3) is 0 Å². The topological polar surface area (TPSA) is 15.3 Å². The van der Waals surface area contributed by atoms with Crippen molar-refractivity contribution >= 4 is 0 Å². The molecule has 1 heterocycles. The molecule has 0 radical (unpaired) electrons. The third-order valence-corrected chi connectivity index (χ3v) is 4.95. The molecule has 2 nitrogen and oxygen atoms in total. The summed E-state index contributed by atoms with van der Waals surface area (Å²) in [6, 6.07) is 12.8. The summed E-state index contributed by atoms with van der Waals surface area (Å²) in [6.07, 6.45) is 2.43. The highest BCUT2D eigenvalue weighted by molar-refractivity contribution is 5.19. The van der Waals surface area contributed by atoms with Crippen molar-refractivity contribution in [2.24, 2.45) is 5.92 Å². The van der Waals surface area contributed by atoms with E-state index in [1.165, 1.54) is 24.9 Å². The number of benzene rings is 1. The largest absolute Gasteiger partial charge is 0.311 e. The van der Waals surface area contributed by atoms with E-state index >= 15 is 0 Å². The number of rotatable bonds is 5. The summed E-state index contributed by atoms with van der Waals surface area (Å²) in [6.45, 7) is 11.6. The predicted molar refractivity (Wildman–Crippen MR) is 86.9 cm³/mol. The van der Waals surface area contributed by atoms with E-state index < -0.39 is 0 Å². The number of nitrogens with one attached hydrogen (secondary N) is 1. The third kappa shape index (κ3) is 3.42. The molecule has 1 aliphatic heterocycles. The lowest BCUT2D eigenvalue weighted by Crippen LogP contribution is -2.58. The van der Waals surface area contributed by atoms with Crippen LogP contribution in [0, 0.1) is 5.92 Å². The molecule has 0 saturated carbocycles. The summed E-state index contributed by atoms with van der Waals surface area (Å²) >= 11 is 0. The first kappa shape index (κ1) is 15.5. The quantitative estimate of drug-likeness (QED) is 0.877. The van der Waals surface area contributed by atoms with Crippen LogP contribution in [0.3, 0.4) is 0 Å². The monoisotopic (exact) mass is 274 g/mol. The van der Waals surface area contributed by atoms with Crippen LogP contribution in [0.4, 0.5) is 0 Å². The molecule has 4 unspecified atom stereocenters. The van der Waals surface area contributed by atoms with Crippen LogP contribution in [0.5, 0.6) is 0 Å². The number of piperazine rings is 1. The molecule has 0 aliphatic carbocycles. The molecular weight excluding hydrogens is 244 g/mol. The first-order chi connectivity index (χ1) is 9.67. The fourth-order valence-corrected chi connectivity index (χ4v) is 3.35. The second kappa shape index (κ2) is 7.24. The lowest BCUT2D eigenvalue weighted by atomic mass is 9.92. The van der Waals surface area contributed by atoms with Crippen molar-refractivity contribution in [1.29, 1.82) is 0 Å². The Balaban J connectivity index is 2.14. The van der Waals surface area contributed by atoms with Crippen molar-refractivity contribution in [3.63, 3.8) is 0 Å². The van der Waals surface area contributed by atoms with Crippen LogP contribution in [-0.2, 0) is 0 Å². The van der Waals surface area contributed by atoms with Crippen molar-refractivity contribution in [2.75, 3.05) is 13.1 Å². The molecule has 20 heavy (non-hydrogen) atoms. The van der Waals surface area contributed by atoms with Crippen LogP contribution in [0.25, 0.3) is 0 Å². The molecule has 1 saturated heterocycles. The van der Waals surface area contributed by atoms with Crippen molar-refractivity contribution in [2.45, 2.75) is 58.7 Å². The molecule has 4 atom stereocenters. The van der Waals surface area contributed by atoms with Gasteiger partial charge in [-0.25, -0.2) is 0 Å². The van der Waals surface area contributed by atoms with Crippen molar-refractivity contribution < 1.29 is 0 Å². The molecule has 2 heteroatoms. The molecule has 1 aromatic rings. The minimum Gasteiger partial charge on any atom is -0.311 e. The van der Waals surface area contributed by atoms with E-state index in [4.69, 9.17) is 0 Å². The van der Waals surface area contributed by atoms with Gasteiger partial charge in [0.15, 0.2) is 0 Å². The standard InChI is InChI=1S/C18H30N2/c1-5-14(3)17-13-20(15(4)12-19-17)18(6-2)16-10-8-7-9-11-16/h7-11,14-15,17-19H,5-6,12-13H2,1-4H3. The third-order valence-electron chi connectivity index (χ3n) is 4.95. The zero-order valence-electron chi connectivity index (χ0n) is 13.5. The average Bonchev–Trinajstić information content (AvgIpc) is 2.50. The first-order valence-corrected chi connectivity index (χ1v) is 8.21. The zero-order valence-corrected chi connectivity index (χ0v) is 13.5. The lowest BCUT2D eigenvalue weighted by molar-refractivity contribution is 0.0723. The van der Waals surface area contributed by atoms with Gasteiger partial charge in [-0.05, 0) is 24.8 Å². The Hall–Kier alpha value is -0.860. The van der Waals surface area contributed by atoms with Gasteiger partial charge in [-0.15, -0.1) is 0 Å². The van der Waals surface area contributed by atoms with Crippen molar-refractivity contribution in [3.05, 3.63) is 35.9 Å². The summed E-state index contributed by atoms with van der Waals surface area (Å²) in [4.78, 5) is 2.71. The van der Waals surface area contributed by atoms with Gasteiger partial charge in [0.05, 0.1) is 0 Å². The second-order valence-electron chi connectivity index (χ2n) is 6.28. The van der Waals surface area contributed by atoms with E-state index in [1.54, 1.807) is 0 Å². The van der Waals surface area contributed by atoms with E-state index in [0.29, 0.717) is 18.1 Å². The number of hydrogen-bond acceptors (Lipinski definition) is 2.